The molecule has 224 valence electrons. The van der Waals surface area contributed by atoms with E-state index in [0.29, 0.717) is 12.8 Å². The number of benzene rings is 3. The van der Waals surface area contributed by atoms with Gasteiger partial charge in [0.25, 0.3) is 0 Å². The normalized spacial score (nSPS) is 18.6. The van der Waals surface area contributed by atoms with Crippen molar-refractivity contribution in [1.29, 1.82) is 0 Å². The molecule has 43 heavy (non-hydrogen) atoms. The Kier molecular flexibility index (Phi) is 10.1. The van der Waals surface area contributed by atoms with Gasteiger partial charge in [0.15, 0.2) is 0 Å². The zero-order valence-corrected chi connectivity index (χ0v) is 24.3. The molecule has 3 aromatic carbocycles. The number of hydrogen-bond acceptors (Lipinski definition) is 4. The van der Waals surface area contributed by atoms with Gasteiger partial charge in [-0.15, -0.1) is 0 Å². The van der Waals surface area contributed by atoms with Crippen molar-refractivity contribution in [2.75, 3.05) is 0 Å². The highest BCUT2D eigenvalue weighted by atomic mass is 16.4. The zero-order valence-electron chi connectivity index (χ0n) is 24.3. The third-order valence-electron chi connectivity index (χ3n) is 8.36. The van der Waals surface area contributed by atoms with Crippen molar-refractivity contribution >= 4 is 29.9 Å². The minimum absolute atomic E-state index is 0.227. The van der Waals surface area contributed by atoms with Gasteiger partial charge in [0.1, 0.15) is 6.04 Å². The summed E-state index contributed by atoms with van der Waals surface area (Å²) < 4.78 is 0. The molecule has 1 aliphatic heterocycles. The number of carboxylic acid groups (broad SMARTS) is 3. The number of aryl methyl sites for hydroxylation is 1. The number of rotatable bonds is 14. The van der Waals surface area contributed by atoms with E-state index in [-0.39, 0.29) is 12.3 Å². The third kappa shape index (κ3) is 7.20. The molecule has 1 fully saturated rings. The van der Waals surface area contributed by atoms with E-state index in [9.17, 15) is 29.4 Å². The highest BCUT2D eigenvalue weighted by Gasteiger charge is 2.55. The van der Waals surface area contributed by atoms with E-state index in [1.807, 2.05) is 92.7 Å². The summed E-state index contributed by atoms with van der Waals surface area (Å²) in [6, 6.07) is 24.4. The van der Waals surface area contributed by atoms with E-state index in [0.717, 1.165) is 27.8 Å². The second-order valence-corrected chi connectivity index (χ2v) is 11.1. The van der Waals surface area contributed by atoms with E-state index >= 15 is 0 Å². The number of aliphatic carboxylic acids is 3. The molecule has 8 heteroatoms. The van der Waals surface area contributed by atoms with E-state index in [4.69, 9.17) is 5.11 Å². The molecular weight excluding hydrogens is 546 g/mol. The summed E-state index contributed by atoms with van der Waals surface area (Å²) in [4.78, 5) is 50.2. The number of nitrogens with zero attached hydrogens (tertiary/aromatic N) is 1. The Labute approximate surface area is 251 Å². The van der Waals surface area contributed by atoms with Crippen LogP contribution in [-0.2, 0) is 25.6 Å². The van der Waals surface area contributed by atoms with Crippen LogP contribution < -0.4 is 0 Å². The Hall–Kier alpha value is -4.72. The van der Waals surface area contributed by atoms with Crippen LogP contribution in [0.1, 0.15) is 55.7 Å². The lowest BCUT2D eigenvalue weighted by Crippen LogP contribution is -2.68. The van der Waals surface area contributed by atoms with Gasteiger partial charge in [0.2, 0.25) is 5.91 Å². The largest absolute Gasteiger partial charge is 0.481 e. The minimum Gasteiger partial charge on any atom is -0.481 e. The van der Waals surface area contributed by atoms with Gasteiger partial charge < -0.3 is 20.2 Å². The van der Waals surface area contributed by atoms with Crippen molar-refractivity contribution in [1.82, 2.24) is 4.90 Å². The number of allylic oxidation sites excluding steroid dienone is 1. The van der Waals surface area contributed by atoms with Crippen LogP contribution in [0.2, 0.25) is 0 Å². The molecule has 5 atom stereocenters. The molecule has 3 N–H and O–H groups in total. The summed E-state index contributed by atoms with van der Waals surface area (Å²) in [7, 11) is 0. The fourth-order valence-corrected chi connectivity index (χ4v) is 6.20. The highest BCUT2D eigenvalue weighted by Crippen LogP contribution is 2.41. The first-order chi connectivity index (χ1) is 20.6. The lowest BCUT2D eigenvalue weighted by atomic mass is 9.75. The Morgan fingerprint density at radius 2 is 1.58 bits per heavy atom. The molecule has 5 unspecified atom stereocenters. The first-order valence-corrected chi connectivity index (χ1v) is 14.5. The van der Waals surface area contributed by atoms with Crippen LogP contribution in [0.25, 0.3) is 17.2 Å². The van der Waals surface area contributed by atoms with Crippen LogP contribution in [0.5, 0.6) is 0 Å². The number of β-lactam (4-membered cyclic amide) rings is 1. The Balaban J connectivity index is 1.69. The molecule has 8 nitrogen and oxygen atoms in total. The average Bonchev–Trinajstić information content (AvgIpc) is 2.98. The fourth-order valence-electron chi connectivity index (χ4n) is 6.20. The maximum Gasteiger partial charge on any atom is 0.327 e. The van der Waals surface area contributed by atoms with Crippen molar-refractivity contribution in [3.63, 3.8) is 0 Å². The van der Waals surface area contributed by atoms with Crippen molar-refractivity contribution in [2.24, 2.45) is 11.8 Å². The monoisotopic (exact) mass is 583 g/mol. The SMILES string of the molecule is C/C=C/c1cc(C(CCc2ccccc2)C(C)N2C(=O)C(CC(CC(=O)O)C(=O)O)C2C(=O)O)ccc1-c1ccccc1. The Bertz CT molecular complexity index is 1480. The predicted molar refractivity (Wildman–Crippen MR) is 163 cm³/mol. The van der Waals surface area contributed by atoms with Crippen LogP contribution in [0.3, 0.4) is 0 Å². The minimum atomic E-state index is -1.36. The van der Waals surface area contributed by atoms with E-state index in [1.165, 1.54) is 4.90 Å². The average molecular weight is 584 g/mol. The first kappa shape index (κ1) is 31.2. The first-order valence-electron chi connectivity index (χ1n) is 14.5. The molecule has 0 spiro atoms. The van der Waals surface area contributed by atoms with E-state index < -0.39 is 54.2 Å². The summed E-state index contributed by atoms with van der Waals surface area (Å²) in [5.41, 5.74) is 5.21. The number of carbonyl (C=O) groups excluding carboxylic acids is 1. The highest BCUT2D eigenvalue weighted by molar-refractivity contribution is 5.97. The number of hydrogen-bond donors (Lipinski definition) is 3. The predicted octanol–water partition coefficient (Wildman–Crippen LogP) is 5.97. The maximum absolute atomic E-state index is 13.5. The van der Waals surface area contributed by atoms with Crippen molar-refractivity contribution in [2.45, 2.75) is 57.5 Å². The van der Waals surface area contributed by atoms with Gasteiger partial charge in [-0.2, -0.15) is 0 Å². The molecule has 1 amide bonds. The van der Waals surface area contributed by atoms with Gasteiger partial charge >= 0.3 is 17.9 Å². The topological polar surface area (TPSA) is 132 Å². The smallest absolute Gasteiger partial charge is 0.327 e. The quantitative estimate of drug-likeness (QED) is 0.199. The number of amides is 1. The molecule has 1 aliphatic rings. The molecule has 0 saturated carbocycles. The second-order valence-electron chi connectivity index (χ2n) is 11.1. The van der Waals surface area contributed by atoms with Gasteiger partial charge in [0, 0.05) is 12.0 Å². The molecule has 1 saturated heterocycles. The van der Waals surface area contributed by atoms with Crippen LogP contribution >= 0.6 is 0 Å². The van der Waals surface area contributed by atoms with E-state index in [2.05, 4.69) is 12.1 Å². The lowest BCUT2D eigenvalue weighted by Gasteiger charge is -2.50. The van der Waals surface area contributed by atoms with Gasteiger partial charge in [-0.1, -0.05) is 91.0 Å². The summed E-state index contributed by atoms with van der Waals surface area (Å²) in [5, 5.41) is 28.8. The summed E-state index contributed by atoms with van der Waals surface area (Å²) in [6.45, 7) is 3.79. The molecule has 0 bridgehead atoms. The van der Waals surface area contributed by atoms with Gasteiger partial charge in [-0.05, 0) is 60.9 Å². The van der Waals surface area contributed by atoms with Crippen molar-refractivity contribution in [3.05, 3.63) is 102 Å². The molecular formula is C35H37NO7. The maximum atomic E-state index is 13.5. The lowest BCUT2D eigenvalue weighted by molar-refractivity contribution is -0.177. The van der Waals surface area contributed by atoms with Gasteiger partial charge in [-0.3, -0.25) is 14.4 Å². The van der Waals surface area contributed by atoms with Crippen molar-refractivity contribution in [3.8, 4) is 11.1 Å². The van der Waals surface area contributed by atoms with E-state index in [1.54, 1.807) is 0 Å². The summed E-state index contributed by atoms with van der Waals surface area (Å²) in [6.07, 6.45) is 4.33. The van der Waals surface area contributed by atoms with Gasteiger partial charge in [-0.25, -0.2) is 4.79 Å². The van der Waals surface area contributed by atoms with Crippen LogP contribution in [0, 0.1) is 11.8 Å². The van der Waals surface area contributed by atoms with Crippen LogP contribution in [0.4, 0.5) is 0 Å². The fraction of sp³-hybridized carbons (Fsp3) is 0.314. The third-order valence-corrected chi connectivity index (χ3v) is 8.36. The Morgan fingerprint density at radius 3 is 2.16 bits per heavy atom. The molecule has 0 aliphatic carbocycles. The number of carboxylic acids is 3. The van der Waals surface area contributed by atoms with Gasteiger partial charge in [0.05, 0.1) is 18.3 Å². The molecule has 0 aromatic heterocycles. The standard InChI is InChI=1S/C35H37NO7/c1-3-10-25-19-26(16-18-29(25)24-13-8-5-9-14-24)28(17-15-23-11-6-4-7-12-23)22(2)36-32(35(42)43)30(33(36)39)20-27(34(40)41)21-31(37)38/h3-14,16,18-19,22,27-28,30,32H,15,17,20-21H2,1-2H3,(H,37,38)(H,40,41)(H,42,43)/b10-3+. The molecule has 3 aromatic rings. The Morgan fingerprint density at radius 1 is 0.930 bits per heavy atom. The molecule has 4 rings (SSSR count). The summed E-state index contributed by atoms with van der Waals surface area (Å²) >= 11 is 0. The number of likely N-dealkylation sites (tertiary alicyclic amines) is 1. The summed E-state index contributed by atoms with van der Waals surface area (Å²) in [5.74, 6) is -7.05. The number of carbonyl (C=O) groups is 4. The molecule has 0 radical (unpaired) electrons. The second kappa shape index (κ2) is 14.0. The molecule has 1 heterocycles. The zero-order chi connectivity index (χ0) is 31.1. The van der Waals surface area contributed by atoms with Crippen LogP contribution in [-0.4, -0.2) is 56.1 Å². The van der Waals surface area contributed by atoms with Crippen molar-refractivity contribution < 1.29 is 34.5 Å². The van der Waals surface area contributed by atoms with Crippen LogP contribution in [0.15, 0.2) is 84.9 Å².